The highest BCUT2D eigenvalue weighted by atomic mass is 19.1. The number of amides is 4. The molecule has 0 saturated carbocycles. The molecule has 0 aliphatic carbocycles. The van der Waals surface area contributed by atoms with E-state index in [1.54, 1.807) is 0 Å². The molecule has 1 aliphatic rings. The topological polar surface area (TPSA) is 81.5 Å². The molecule has 0 spiro atoms. The predicted octanol–water partition coefficient (Wildman–Crippen LogP) is 0.618. The van der Waals surface area contributed by atoms with Gasteiger partial charge in [-0.2, -0.15) is 5.26 Å². The third-order valence-electron chi connectivity index (χ3n) is 2.75. The van der Waals surface area contributed by atoms with Crippen LogP contribution >= 0.6 is 0 Å². The number of nitrogens with zero attached hydrogens (tertiary/aromatic N) is 3. The summed E-state index contributed by atoms with van der Waals surface area (Å²) in [5, 5.41) is 8.72. The van der Waals surface area contributed by atoms with Crippen molar-refractivity contribution in [2.24, 2.45) is 0 Å². The molecule has 4 amide bonds. The Morgan fingerprint density at radius 1 is 1.26 bits per heavy atom. The van der Waals surface area contributed by atoms with Gasteiger partial charge in [-0.15, -0.1) is 0 Å². The van der Waals surface area contributed by atoms with Gasteiger partial charge in [-0.3, -0.25) is 19.4 Å². The van der Waals surface area contributed by atoms with Gasteiger partial charge in [-0.1, -0.05) is 0 Å². The first-order valence-corrected chi connectivity index (χ1v) is 5.27. The van der Waals surface area contributed by atoms with E-state index in [4.69, 9.17) is 5.26 Å². The molecule has 0 aromatic heterocycles. The molecule has 96 valence electrons. The summed E-state index contributed by atoms with van der Waals surface area (Å²) >= 11 is 0. The summed E-state index contributed by atoms with van der Waals surface area (Å²) in [6, 6.07) is 4.61. The van der Waals surface area contributed by atoms with Crippen LogP contribution in [0.1, 0.15) is 11.1 Å². The fourth-order valence-corrected chi connectivity index (χ4v) is 1.69. The molecule has 1 aromatic rings. The lowest BCUT2D eigenvalue weighted by molar-refractivity contribution is -0.143. The SMILES string of the molecule is CN1C(=O)C(=O)N(Cc2cc(C#N)ccc2F)C1=O. The van der Waals surface area contributed by atoms with Gasteiger partial charge < -0.3 is 0 Å². The molecule has 1 aliphatic heterocycles. The number of carbonyl (C=O) groups is 3. The molecule has 6 nitrogen and oxygen atoms in total. The van der Waals surface area contributed by atoms with Crippen molar-refractivity contribution in [2.75, 3.05) is 7.05 Å². The second-order valence-electron chi connectivity index (χ2n) is 3.96. The van der Waals surface area contributed by atoms with E-state index in [0.717, 1.165) is 6.07 Å². The van der Waals surface area contributed by atoms with E-state index in [0.29, 0.717) is 9.80 Å². The van der Waals surface area contributed by atoms with Gasteiger partial charge in [0, 0.05) is 12.6 Å². The van der Waals surface area contributed by atoms with Crippen LogP contribution in [-0.2, 0) is 16.1 Å². The highest BCUT2D eigenvalue weighted by molar-refractivity contribution is 6.44. The maximum absolute atomic E-state index is 13.6. The van der Waals surface area contributed by atoms with Crippen LogP contribution in [0.4, 0.5) is 9.18 Å². The zero-order valence-electron chi connectivity index (χ0n) is 9.88. The summed E-state index contributed by atoms with van der Waals surface area (Å²) in [5.74, 6) is -2.61. The lowest BCUT2D eigenvalue weighted by atomic mass is 10.1. The van der Waals surface area contributed by atoms with Crippen molar-refractivity contribution in [1.82, 2.24) is 9.80 Å². The maximum Gasteiger partial charge on any atom is 0.334 e. The minimum Gasteiger partial charge on any atom is -0.263 e. The number of halogens is 1. The van der Waals surface area contributed by atoms with E-state index < -0.39 is 23.7 Å². The van der Waals surface area contributed by atoms with E-state index in [-0.39, 0.29) is 17.7 Å². The molecular formula is C12H8FN3O3. The van der Waals surface area contributed by atoms with Crippen molar-refractivity contribution >= 4 is 17.8 Å². The molecular weight excluding hydrogens is 253 g/mol. The van der Waals surface area contributed by atoms with Gasteiger partial charge in [0.2, 0.25) is 0 Å². The van der Waals surface area contributed by atoms with E-state index in [1.807, 2.05) is 6.07 Å². The van der Waals surface area contributed by atoms with Gasteiger partial charge in [-0.05, 0) is 18.2 Å². The number of hydrogen-bond donors (Lipinski definition) is 0. The van der Waals surface area contributed by atoms with E-state index in [2.05, 4.69) is 0 Å². The first-order chi connectivity index (χ1) is 8.95. The van der Waals surface area contributed by atoms with Gasteiger partial charge in [0.1, 0.15) is 5.82 Å². The maximum atomic E-state index is 13.6. The Hall–Kier alpha value is -2.75. The largest absolute Gasteiger partial charge is 0.334 e. The molecule has 1 heterocycles. The van der Waals surface area contributed by atoms with Crippen LogP contribution in [0.3, 0.4) is 0 Å². The molecule has 0 atom stereocenters. The average molecular weight is 261 g/mol. The molecule has 1 fully saturated rings. The van der Waals surface area contributed by atoms with Gasteiger partial charge in [0.05, 0.1) is 18.2 Å². The Balaban J connectivity index is 2.32. The number of benzene rings is 1. The number of carbonyl (C=O) groups excluding carboxylic acids is 3. The highest BCUT2D eigenvalue weighted by Crippen LogP contribution is 2.17. The minimum atomic E-state index is -1.01. The number of likely N-dealkylation sites (N-methyl/N-ethyl adjacent to an activating group) is 1. The van der Waals surface area contributed by atoms with E-state index in [9.17, 15) is 18.8 Å². The molecule has 0 radical (unpaired) electrons. The number of rotatable bonds is 2. The molecule has 2 rings (SSSR count). The zero-order chi connectivity index (χ0) is 14.2. The smallest absolute Gasteiger partial charge is 0.263 e. The standard InChI is InChI=1S/C12H8FN3O3/c1-15-10(17)11(18)16(12(15)19)6-8-4-7(5-14)2-3-9(8)13/h2-4H,6H2,1H3. The van der Waals surface area contributed by atoms with Gasteiger partial charge in [-0.25, -0.2) is 9.18 Å². The first kappa shape index (κ1) is 12.7. The first-order valence-electron chi connectivity index (χ1n) is 5.27. The summed E-state index contributed by atoms with van der Waals surface area (Å²) in [7, 11) is 1.17. The van der Waals surface area contributed by atoms with Crippen molar-refractivity contribution < 1.29 is 18.8 Å². The van der Waals surface area contributed by atoms with Crippen molar-refractivity contribution in [3.8, 4) is 6.07 Å². The highest BCUT2D eigenvalue weighted by Gasteiger charge is 2.42. The van der Waals surface area contributed by atoms with Crippen molar-refractivity contribution in [3.63, 3.8) is 0 Å². The Morgan fingerprint density at radius 2 is 1.95 bits per heavy atom. The van der Waals surface area contributed by atoms with Crippen LogP contribution in [0.2, 0.25) is 0 Å². The quantitative estimate of drug-likeness (QED) is 0.577. The van der Waals surface area contributed by atoms with Crippen LogP contribution in [0.15, 0.2) is 18.2 Å². The molecule has 0 unspecified atom stereocenters. The number of urea groups is 1. The monoisotopic (exact) mass is 261 g/mol. The van der Waals surface area contributed by atoms with Crippen molar-refractivity contribution in [2.45, 2.75) is 6.54 Å². The summed E-state index contributed by atoms with van der Waals surface area (Å²) in [6.45, 7) is -0.380. The molecule has 7 heteroatoms. The van der Waals surface area contributed by atoms with Gasteiger partial charge in [0.15, 0.2) is 0 Å². The lowest BCUT2D eigenvalue weighted by Crippen LogP contribution is -2.31. The zero-order valence-corrected chi connectivity index (χ0v) is 9.88. The summed E-state index contributed by atoms with van der Waals surface area (Å²) in [6.07, 6.45) is 0. The lowest BCUT2D eigenvalue weighted by Gasteiger charge is -2.13. The third kappa shape index (κ3) is 2.04. The Morgan fingerprint density at radius 3 is 2.47 bits per heavy atom. The molecule has 0 bridgehead atoms. The minimum absolute atomic E-state index is 0.00356. The predicted molar refractivity (Wildman–Crippen MR) is 59.8 cm³/mol. The fraction of sp³-hybridized carbons (Fsp3) is 0.167. The van der Waals surface area contributed by atoms with Crippen molar-refractivity contribution in [1.29, 1.82) is 5.26 Å². The summed E-state index contributed by atoms with van der Waals surface area (Å²) < 4.78 is 13.6. The number of nitriles is 1. The number of imide groups is 2. The van der Waals surface area contributed by atoms with Crippen LogP contribution in [0, 0.1) is 17.1 Å². The normalized spacial score (nSPS) is 15.1. The van der Waals surface area contributed by atoms with Crippen molar-refractivity contribution in [3.05, 3.63) is 35.1 Å². The Kier molecular flexibility index (Phi) is 3.00. The Labute approximate surface area is 107 Å². The third-order valence-corrected chi connectivity index (χ3v) is 2.75. The fourth-order valence-electron chi connectivity index (χ4n) is 1.69. The van der Waals surface area contributed by atoms with Crippen LogP contribution in [-0.4, -0.2) is 34.7 Å². The molecule has 19 heavy (non-hydrogen) atoms. The van der Waals surface area contributed by atoms with E-state index >= 15 is 0 Å². The van der Waals surface area contributed by atoms with Crippen LogP contribution in [0.25, 0.3) is 0 Å². The van der Waals surface area contributed by atoms with Gasteiger partial charge >= 0.3 is 17.8 Å². The molecule has 0 N–H and O–H groups in total. The molecule has 1 saturated heterocycles. The Bertz CT molecular complexity index is 636. The summed E-state index contributed by atoms with van der Waals surface area (Å²) in [4.78, 5) is 35.7. The average Bonchev–Trinajstić information content (AvgIpc) is 2.59. The van der Waals surface area contributed by atoms with Crippen LogP contribution in [0.5, 0.6) is 0 Å². The second-order valence-corrected chi connectivity index (χ2v) is 3.96. The van der Waals surface area contributed by atoms with Crippen LogP contribution < -0.4 is 0 Å². The van der Waals surface area contributed by atoms with E-state index in [1.165, 1.54) is 19.2 Å². The number of hydrogen-bond acceptors (Lipinski definition) is 4. The second kappa shape index (κ2) is 4.49. The van der Waals surface area contributed by atoms with Gasteiger partial charge in [0.25, 0.3) is 0 Å². The summed E-state index contributed by atoms with van der Waals surface area (Å²) in [5.41, 5.74) is 0.207. The molecule has 1 aromatic carbocycles.